The summed E-state index contributed by atoms with van der Waals surface area (Å²) in [5.74, 6) is 0.542. The highest BCUT2D eigenvalue weighted by Crippen LogP contribution is 2.71. The summed E-state index contributed by atoms with van der Waals surface area (Å²) < 4.78 is 0.978. The Morgan fingerprint density at radius 2 is 1.87 bits per heavy atom. The van der Waals surface area contributed by atoms with Gasteiger partial charge in [0.05, 0.1) is 11.5 Å². The summed E-state index contributed by atoms with van der Waals surface area (Å²) in [6, 6.07) is 9.49. The first kappa shape index (κ1) is 19.5. The van der Waals surface area contributed by atoms with Crippen molar-refractivity contribution in [3.63, 3.8) is 0 Å². The van der Waals surface area contributed by atoms with Crippen molar-refractivity contribution in [2.45, 2.75) is 19.8 Å². The van der Waals surface area contributed by atoms with Crippen molar-refractivity contribution in [3.05, 3.63) is 70.5 Å². The van der Waals surface area contributed by atoms with E-state index in [1.54, 1.807) is 12.4 Å². The van der Waals surface area contributed by atoms with Gasteiger partial charge in [-0.15, -0.1) is 0 Å². The number of aryl methyl sites for hydroxylation is 1. The van der Waals surface area contributed by atoms with E-state index in [0.717, 1.165) is 15.7 Å². The molecule has 6 heteroatoms. The van der Waals surface area contributed by atoms with Crippen LogP contribution in [0.5, 0.6) is 0 Å². The molecule has 1 spiro atoms. The molecular formula is C24H24BrN3O2. The van der Waals surface area contributed by atoms with Crippen LogP contribution >= 0.6 is 15.9 Å². The van der Waals surface area contributed by atoms with Gasteiger partial charge in [-0.2, -0.15) is 0 Å². The highest BCUT2D eigenvalue weighted by Gasteiger charge is 2.68. The molecule has 154 valence electrons. The lowest BCUT2D eigenvalue weighted by atomic mass is 9.82. The second-order valence-corrected chi connectivity index (χ2v) is 9.67. The zero-order valence-electron chi connectivity index (χ0n) is 16.8. The summed E-state index contributed by atoms with van der Waals surface area (Å²) in [5.41, 5.74) is 2.53. The van der Waals surface area contributed by atoms with E-state index in [9.17, 15) is 9.59 Å². The van der Waals surface area contributed by atoms with Crippen molar-refractivity contribution >= 4 is 33.4 Å². The van der Waals surface area contributed by atoms with Crippen molar-refractivity contribution in [2.24, 2.45) is 29.1 Å². The summed E-state index contributed by atoms with van der Waals surface area (Å²) in [7, 11) is 0. The van der Waals surface area contributed by atoms with E-state index in [1.165, 1.54) is 12.8 Å². The molecule has 2 fully saturated rings. The fourth-order valence-electron chi connectivity index (χ4n) is 5.57. The molecule has 0 unspecified atom stereocenters. The number of nitrogens with one attached hydrogen (secondary N) is 2. The number of pyridine rings is 1. The first-order valence-corrected chi connectivity index (χ1v) is 11.2. The molecule has 2 amide bonds. The van der Waals surface area contributed by atoms with Gasteiger partial charge >= 0.3 is 0 Å². The second-order valence-electron chi connectivity index (χ2n) is 8.76. The number of anilines is 1. The number of hydrogen-bond acceptors (Lipinski definition) is 3. The maximum absolute atomic E-state index is 13.3. The van der Waals surface area contributed by atoms with Crippen molar-refractivity contribution < 1.29 is 9.59 Å². The summed E-state index contributed by atoms with van der Waals surface area (Å²) >= 11 is 3.43. The Balaban J connectivity index is 1.34. The molecule has 1 aromatic carbocycles. The van der Waals surface area contributed by atoms with E-state index in [2.05, 4.69) is 43.7 Å². The number of amides is 2. The van der Waals surface area contributed by atoms with Crippen LogP contribution in [0, 0.1) is 36.0 Å². The number of hydrogen-bond donors (Lipinski definition) is 2. The molecular weight excluding hydrogens is 442 g/mol. The average Bonchev–Trinajstić information content (AvgIpc) is 3.41. The van der Waals surface area contributed by atoms with E-state index in [4.69, 9.17) is 0 Å². The Hall–Kier alpha value is -2.47. The number of carbonyl (C=O) groups excluding carboxylic acids is 2. The summed E-state index contributed by atoms with van der Waals surface area (Å²) in [6.45, 7) is 2.41. The number of halogens is 1. The first-order valence-electron chi connectivity index (χ1n) is 10.4. The summed E-state index contributed by atoms with van der Waals surface area (Å²) in [6.07, 6.45) is 10.2. The Bertz CT molecular complexity index is 1030. The molecule has 2 bridgehead atoms. The zero-order chi connectivity index (χ0) is 20.9. The van der Waals surface area contributed by atoms with E-state index >= 15 is 0 Å². The Morgan fingerprint density at radius 1 is 1.13 bits per heavy atom. The van der Waals surface area contributed by atoms with Crippen molar-refractivity contribution in [2.75, 3.05) is 11.9 Å². The fourth-order valence-corrected chi connectivity index (χ4v) is 5.83. The van der Waals surface area contributed by atoms with Crippen molar-refractivity contribution in [1.29, 1.82) is 0 Å². The smallest absolute Gasteiger partial charge is 0.253 e. The van der Waals surface area contributed by atoms with E-state index in [0.29, 0.717) is 18.0 Å². The minimum atomic E-state index is -0.124. The molecule has 1 heterocycles. The normalized spacial score (nSPS) is 27.3. The zero-order valence-corrected chi connectivity index (χ0v) is 18.4. The van der Waals surface area contributed by atoms with Gasteiger partial charge in [0.15, 0.2) is 0 Å². The molecule has 30 heavy (non-hydrogen) atoms. The van der Waals surface area contributed by atoms with Crippen LogP contribution in [0.3, 0.4) is 0 Å². The predicted octanol–water partition coefficient (Wildman–Crippen LogP) is 4.35. The third-order valence-electron chi connectivity index (χ3n) is 7.19. The minimum Gasteiger partial charge on any atom is -0.352 e. The first-order chi connectivity index (χ1) is 14.5. The Kier molecular flexibility index (Phi) is 4.77. The van der Waals surface area contributed by atoms with Crippen LogP contribution < -0.4 is 10.6 Å². The second kappa shape index (κ2) is 7.34. The van der Waals surface area contributed by atoms with Gasteiger partial charge in [-0.3, -0.25) is 14.6 Å². The van der Waals surface area contributed by atoms with Gasteiger partial charge in [0.25, 0.3) is 5.91 Å². The van der Waals surface area contributed by atoms with Gasteiger partial charge in [-0.25, -0.2) is 0 Å². The maximum Gasteiger partial charge on any atom is 0.253 e. The molecule has 1 aromatic heterocycles. The highest BCUT2D eigenvalue weighted by atomic mass is 79.9. The van der Waals surface area contributed by atoms with Crippen LogP contribution in [-0.2, 0) is 4.79 Å². The molecule has 0 saturated heterocycles. The fraction of sp³-hybridized carbons (Fsp3) is 0.375. The van der Waals surface area contributed by atoms with Crippen LogP contribution in [0.4, 0.5) is 5.69 Å². The molecule has 2 saturated carbocycles. The largest absolute Gasteiger partial charge is 0.352 e. The van der Waals surface area contributed by atoms with Gasteiger partial charge in [0.2, 0.25) is 5.91 Å². The van der Waals surface area contributed by atoms with Gasteiger partial charge in [0, 0.05) is 29.1 Å². The topological polar surface area (TPSA) is 71.1 Å². The van der Waals surface area contributed by atoms with Crippen LogP contribution in [0.15, 0.2) is 59.4 Å². The molecule has 3 aliphatic carbocycles. The standard InChI is InChI=1S/C24H24BrN3O2/c1-14-8-11-26-12-17(14)22(29)27-13-18-19-6-7-20(24(19)9-10-24)21(18)23(30)28-16-4-2-15(25)3-5-16/h2-8,11-12,18-21H,9-10,13H2,1H3,(H,27,29)(H,28,30)/t18-,19-,20+,21+/m1/s1. The Morgan fingerprint density at radius 3 is 2.57 bits per heavy atom. The number of benzene rings is 1. The summed E-state index contributed by atoms with van der Waals surface area (Å²) in [4.78, 5) is 30.1. The summed E-state index contributed by atoms with van der Waals surface area (Å²) in [5, 5.41) is 6.19. The maximum atomic E-state index is 13.3. The third-order valence-corrected chi connectivity index (χ3v) is 7.72. The van der Waals surface area contributed by atoms with Gasteiger partial charge < -0.3 is 10.6 Å². The van der Waals surface area contributed by atoms with Crippen LogP contribution in [-0.4, -0.2) is 23.3 Å². The van der Waals surface area contributed by atoms with Crippen molar-refractivity contribution in [3.8, 4) is 0 Å². The number of aromatic nitrogens is 1. The minimum absolute atomic E-state index is 0.0530. The molecule has 0 radical (unpaired) electrons. The van der Waals surface area contributed by atoms with Crippen molar-refractivity contribution in [1.82, 2.24) is 10.3 Å². The molecule has 0 aliphatic heterocycles. The number of carbonyl (C=O) groups is 2. The third kappa shape index (κ3) is 3.18. The molecule has 5 rings (SSSR count). The van der Waals surface area contributed by atoms with E-state index in [1.807, 2.05) is 37.3 Å². The molecule has 2 N–H and O–H groups in total. The van der Waals surface area contributed by atoms with Gasteiger partial charge in [0.1, 0.15) is 0 Å². The molecule has 2 aromatic rings. The Labute approximate surface area is 184 Å². The number of allylic oxidation sites excluding steroid dienone is 2. The van der Waals surface area contributed by atoms with Gasteiger partial charge in [-0.05, 0) is 78.8 Å². The van der Waals surface area contributed by atoms with E-state index < -0.39 is 0 Å². The molecule has 4 atom stereocenters. The number of rotatable bonds is 5. The lowest BCUT2D eigenvalue weighted by Crippen LogP contribution is -2.39. The van der Waals surface area contributed by atoms with Crippen LogP contribution in [0.1, 0.15) is 28.8 Å². The lowest BCUT2D eigenvalue weighted by Gasteiger charge is -2.27. The molecule has 5 nitrogen and oxygen atoms in total. The molecule has 3 aliphatic rings. The lowest BCUT2D eigenvalue weighted by molar-refractivity contribution is -0.122. The SMILES string of the molecule is Cc1ccncc1C(=O)NC[C@H]1[C@H](C(=O)Nc2ccc(Br)cc2)[C@@H]2C=C[C@H]1C21CC1. The highest BCUT2D eigenvalue weighted by molar-refractivity contribution is 9.10. The van der Waals surface area contributed by atoms with Crippen LogP contribution in [0.2, 0.25) is 0 Å². The monoisotopic (exact) mass is 465 g/mol. The quantitative estimate of drug-likeness (QED) is 0.644. The van der Waals surface area contributed by atoms with Gasteiger partial charge in [-0.1, -0.05) is 28.1 Å². The van der Waals surface area contributed by atoms with E-state index in [-0.39, 0.29) is 35.0 Å². The average molecular weight is 466 g/mol. The predicted molar refractivity (Wildman–Crippen MR) is 119 cm³/mol. The number of nitrogens with zero attached hydrogens (tertiary/aromatic N) is 1. The van der Waals surface area contributed by atoms with Crippen LogP contribution in [0.25, 0.3) is 0 Å².